The monoisotopic (exact) mass is 313 g/mol. The number of halogens is 1. The average molecular weight is 314 g/mol. The van der Waals surface area contributed by atoms with Crippen LogP contribution in [0.3, 0.4) is 0 Å². The average Bonchev–Trinajstić information content (AvgIpc) is 2.71. The molecule has 0 amide bonds. The summed E-state index contributed by atoms with van der Waals surface area (Å²) in [6.45, 7) is 10.8. The van der Waals surface area contributed by atoms with Gasteiger partial charge in [0, 0.05) is 6.04 Å². The van der Waals surface area contributed by atoms with Gasteiger partial charge < -0.3 is 5.32 Å². The van der Waals surface area contributed by atoms with E-state index in [1.165, 1.54) is 17.7 Å². The maximum atomic E-state index is 4.41. The quantitative estimate of drug-likeness (QED) is 0.770. The van der Waals surface area contributed by atoms with Crippen molar-refractivity contribution in [2.75, 3.05) is 13.1 Å². The largest absolute Gasteiger partial charge is 0.316 e. The highest BCUT2D eigenvalue weighted by molar-refractivity contribution is 9.10. The first kappa shape index (κ1) is 15.4. The Morgan fingerprint density at radius 2 is 2.22 bits per heavy atom. The molecule has 18 heavy (non-hydrogen) atoms. The summed E-state index contributed by atoms with van der Waals surface area (Å²) in [5.41, 5.74) is 2.48. The molecule has 1 rings (SSSR count). The fourth-order valence-electron chi connectivity index (χ4n) is 1.89. The van der Waals surface area contributed by atoms with Crippen molar-refractivity contribution < 1.29 is 0 Å². The minimum atomic E-state index is 0.382. The van der Waals surface area contributed by atoms with Crippen LogP contribution in [0.5, 0.6) is 0 Å². The molecule has 1 N–H and O–H groups in total. The van der Waals surface area contributed by atoms with Gasteiger partial charge in [-0.05, 0) is 68.2 Å². The van der Waals surface area contributed by atoms with E-state index in [-0.39, 0.29) is 0 Å². The van der Waals surface area contributed by atoms with Crippen molar-refractivity contribution in [3.63, 3.8) is 0 Å². The van der Waals surface area contributed by atoms with Gasteiger partial charge in [-0.15, -0.1) is 0 Å². The van der Waals surface area contributed by atoms with E-state index in [1.54, 1.807) is 0 Å². The minimum absolute atomic E-state index is 0.382. The van der Waals surface area contributed by atoms with Gasteiger partial charge in [0.1, 0.15) is 0 Å². The first-order chi connectivity index (χ1) is 8.57. The van der Waals surface area contributed by atoms with Crippen LogP contribution in [0.15, 0.2) is 16.7 Å². The summed E-state index contributed by atoms with van der Waals surface area (Å²) >= 11 is 3.58. The minimum Gasteiger partial charge on any atom is -0.316 e. The Bertz CT molecular complexity index is 394. The number of hydrogen-bond acceptors (Lipinski definition) is 2. The van der Waals surface area contributed by atoms with Crippen LogP contribution in [0.4, 0.5) is 0 Å². The van der Waals surface area contributed by atoms with Gasteiger partial charge in [-0.1, -0.05) is 13.0 Å². The molecule has 1 heterocycles. The molecule has 0 aliphatic carbocycles. The molecule has 0 aromatic carbocycles. The lowest BCUT2D eigenvalue weighted by Crippen LogP contribution is -2.15. The molecule has 4 heteroatoms. The summed E-state index contributed by atoms with van der Waals surface area (Å²) in [6.07, 6.45) is 6.40. The summed E-state index contributed by atoms with van der Waals surface area (Å²) in [5.74, 6) is 0. The highest BCUT2D eigenvalue weighted by atomic mass is 79.9. The van der Waals surface area contributed by atoms with E-state index in [0.29, 0.717) is 6.04 Å². The van der Waals surface area contributed by atoms with Gasteiger partial charge in [-0.25, -0.2) is 0 Å². The smallest absolute Gasteiger partial charge is 0.0781 e. The summed E-state index contributed by atoms with van der Waals surface area (Å²) in [4.78, 5) is 0. The summed E-state index contributed by atoms with van der Waals surface area (Å²) in [5, 5.41) is 7.82. The van der Waals surface area contributed by atoms with E-state index in [2.05, 4.69) is 64.8 Å². The first-order valence-corrected chi connectivity index (χ1v) is 7.48. The molecule has 0 radical (unpaired) electrons. The number of nitrogens with one attached hydrogen (secondary N) is 1. The van der Waals surface area contributed by atoms with Crippen molar-refractivity contribution in [1.29, 1.82) is 0 Å². The van der Waals surface area contributed by atoms with Crippen molar-refractivity contribution in [2.45, 2.75) is 46.6 Å². The van der Waals surface area contributed by atoms with E-state index in [0.717, 1.165) is 24.0 Å². The zero-order chi connectivity index (χ0) is 13.5. The van der Waals surface area contributed by atoms with Crippen LogP contribution >= 0.6 is 15.9 Å². The lowest BCUT2D eigenvalue weighted by molar-refractivity contribution is 0.526. The third kappa shape index (κ3) is 4.25. The van der Waals surface area contributed by atoms with Crippen molar-refractivity contribution >= 4 is 21.5 Å². The van der Waals surface area contributed by atoms with Crippen molar-refractivity contribution in [3.05, 3.63) is 22.4 Å². The Morgan fingerprint density at radius 1 is 1.50 bits per heavy atom. The molecule has 3 nitrogen and oxygen atoms in total. The van der Waals surface area contributed by atoms with E-state index in [4.69, 9.17) is 0 Å². The standard InChI is InChI=1S/C14H24BrN3/c1-5-8-16-9-6-7-12(4)14-13(15)10-17-18(14)11(2)3/h7,10-11,16H,5-6,8-9H2,1-4H3/b12-7-. The zero-order valence-corrected chi connectivity index (χ0v) is 13.4. The van der Waals surface area contributed by atoms with Crippen LogP contribution in [0.25, 0.3) is 5.57 Å². The molecule has 0 saturated carbocycles. The summed E-state index contributed by atoms with van der Waals surface area (Å²) in [6, 6.07) is 0.382. The predicted octanol–water partition coefficient (Wildman–Crippen LogP) is 4.02. The van der Waals surface area contributed by atoms with Crippen LogP contribution in [0.1, 0.15) is 52.3 Å². The third-order valence-electron chi connectivity index (χ3n) is 2.81. The van der Waals surface area contributed by atoms with Crippen LogP contribution in [0.2, 0.25) is 0 Å². The molecule has 0 spiro atoms. The molecule has 102 valence electrons. The Hall–Kier alpha value is -0.610. The molecular formula is C14H24BrN3. The van der Waals surface area contributed by atoms with Crippen LogP contribution < -0.4 is 5.32 Å². The number of rotatable bonds is 7. The normalized spacial score (nSPS) is 12.4. The lowest BCUT2D eigenvalue weighted by atomic mass is 10.1. The zero-order valence-electron chi connectivity index (χ0n) is 11.8. The van der Waals surface area contributed by atoms with E-state index >= 15 is 0 Å². The molecular weight excluding hydrogens is 290 g/mol. The summed E-state index contributed by atoms with van der Waals surface area (Å²) in [7, 11) is 0. The van der Waals surface area contributed by atoms with Crippen LogP contribution in [-0.4, -0.2) is 22.9 Å². The van der Waals surface area contributed by atoms with Gasteiger partial charge in [0.25, 0.3) is 0 Å². The van der Waals surface area contributed by atoms with Gasteiger partial charge >= 0.3 is 0 Å². The predicted molar refractivity (Wildman–Crippen MR) is 81.7 cm³/mol. The first-order valence-electron chi connectivity index (χ1n) is 6.68. The van der Waals surface area contributed by atoms with E-state index in [9.17, 15) is 0 Å². The SMILES string of the molecule is CCCNCC/C=C(/C)c1c(Br)cnn1C(C)C. The Kier molecular flexibility index (Phi) is 6.65. The number of nitrogens with zero attached hydrogens (tertiary/aromatic N) is 2. The molecule has 1 aromatic rings. The van der Waals surface area contributed by atoms with Crippen LogP contribution in [0, 0.1) is 0 Å². The second-order valence-corrected chi connectivity index (χ2v) is 5.66. The molecule has 0 aliphatic heterocycles. The van der Waals surface area contributed by atoms with Crippen molar-refractivity contribution in [2.24, 2.45) is 0 Å². The maximum Gasteiger partial charge on any atom is 0.0781 e. The Morgan fingerprint density at radius 3 is 2.83 bits per heavy atom. The van der Waals surface area contributed by atoms with Gasteiger partial charge in [0.15, 0.2) is 0 Å². The van der Waals surface area contributed by atoms with Crippen molar-refractivity contribution in [3.8, 4) is 0 Å². The molecule has 1 aromatic heterocycles. The van der Waals surface area contributed by atoms with E-state index < -0.39 is 0 Å². The Balaban J connectivity index is 2.68. The molecule has 0 fully saturated rings. The van der Waals surface area contributed by atoms with Gasteiger partial charge in [-0.2, -0.15) is 5.10 Å². The number of aromatic nitrogens is 2. The van der Waals surface area contributed by atoms with Gasteiger partial charge in [-0.3, -0.25) is 4.68 Å². The van der Waals surface area contributed by atoms with Gasteiger partial charge in [0.05, 0.1) is 16.4 Å². The molecule has 0 aliphatic rings. The molecule has 0 saturated heterocycles. The Labute approximate surface area is 119 Å². The van der Waals surface area contributed by atoms with Crippen molar-refractivity contribution in [1.82, 2.24) is 15.1 Å². The van der Waals surface area contributed by atoms with E-state index in [1.807, 2.05) is 6.20 Å². The lowest BCUT2D eigenvalue weighted by Gasteiger charge is -2.12. The number of allylic oxidation sites excluding steroid dienone is 1. The molecule has 0 unspecified atom stereocenters. The fraction of sp³-hybridized carbons (Fsp3) is 0.643. The molecule has 0 atom stereocenters. The highest BCUT2D eigenvalue weighted by Crippen LogP contribution is 2.26. The summed E-state index contributed by atoms with van der Waals surface area (Å²) < 4.78 is 3.14. The van der Waals surface area contributed by atoms with Crippen LogP contribution in [-0.2, 0) is 0 Å². The fourth-order valence-corrected chi connectivity index (χ4v) is 2.48. The number of hydrogen-bond donors (Lipinski definition) is 1. The maximum absolute atomic E-state index is 4.41. The second kappa shape index (κ2) is 7.74. The molecule has 0 bridgehead atoms. The highest BCUT2D eigenvalue weighted by Gasteiger charge is 2.12. The third-order valence-corrected chi connectivity index (χ3v) is 3.39. The topological polar surface area (TPSA) is 29.9 Å². The second-order valence-electron chi connectivity index (χ2n) is 4.81. The van der Waals surface area contributed by atoms with Gasteiger partial charge in [0.2, 0.25) is 0 Å².